The molecule has 0 saturated heterocycles. The Morgan fingerprint density at radius 3 is 1.47 bits per heavy atom. The molecule has 4 aliphatic heterocycles. The lowest BCUT2D eigenvalue weighted by Crippen LogP contribution is -2.57. The van der Waals surface area contributed by atoms with Crippen LogP contribution >= 0.6 is 0 Å². The topological polar surface area (TPSA) is 381 Å². The maximum absolute atomic E-state index is 12.5. The third kappa shape index (κ3) is 5.76. The monoisotopic (exact) mass is 912 g/mol. The first kappa shape index (κ1) is 41.6. The van der Waals surface area contributed by atoms with Gasteiger partial charge in [0.1, 0.15) is 64.0 Å². The molecule has 6 aromatic carbocycles. The van der Waals surface area contributed by atoms with Crippen molar-refractivity contribution in [2.45, 2.75) is 54.6 Å². The van der Waals surface area contributed by atoms with Gasteiger partial charge in [-0.25, -0.2) is 0 Å². The minimum Gasteiger partial charge on any atom is -0.508 e. The van der Waals surface area contributed by atoms with Crippen molar-refractivity contribution in [1.82, 2.24) is 0 Å². The average Bonchev–Trinajstić information content (AvgIpc) is 3.24. The van der Waals surface area contributed by atoms with Crippen LogP contribution in [0.25, 0.3) is 0 Å². The summed E-state index contributed by atoms with van der Waals surface area (Å²) < 4.78 is 25.3. The van der Waals surface area contributed by atoms with Crippen LogP contribution in [-0.4, -0.2) is 105 Å². The Balaban J connectivity index is 1.26. The largest absolute Gasteiger partial charge is 0.508 e. The summed E-state index contributed by atoms with van der Waals surface area (Å²) in [5, 5.41) is 187. The van der Waals surface area contributed by atoms with Gasteiger partial charge in [0, 0.05) is 75.2 Å². The van der Waals surface area contributed by atoms with E-state index in [1.807, 2.05) is 0 Å². The minimum atomic E-state index is -2.54. The molecule has 342 valence electrons. The fourth-order valence-electron chi connectivity index (χ4n) is 9.53. The average molecular weight is 913 g/mol. The van der Waals surface area contributed by atoms with Gasteiger partial charge in [-0.3, -0.25) is 0 Å². The van der Waals surface area contributed by atoms with E-state index in [2.05, 4.69) is 0 Å². The molecular formula is C45H36O21. The van der Waals surface area contributed by atoms with Crippen molar-refractivity contribution >= 4 is 0 Å². The zero-order chi connectivity index (χ0) is 47.2. The zero-order valence-electron chi connectivity index (χ0n) is 33.3. The molecule has 6 aromatic rings. The second kappa shape index (κ2) is 14.0. The lowest BCUT2D eigenvalue weighted by Gasteiger charge is -2.51. The molecule has 8 atom stereocenters. The van der Waals surface area contributed by atoms with Gasteiger partial charge in [-0.05, 0) is 36.4 Å². The first-order valence-electron chi connectivity index (χ1n) is 19.7. The summed E-state index contributed by atoms with van der Waals surface area (Å²) >= 11 is 0. The molecule has 0 aliphatic carbocycles. The Bertz CT molecular complexity index is 3010. The van der Waals surface area contributed by atoms with E-state index in [0.29, 0.717) is 0 Å². The van der Waals surface area contributed by atoms with Crippen LogP contribution in [0.3, 0.4) is 0 Å². The Labute approximate surface area is 368 Å². The van der Waals surface area contributed by atoms with E-state index in [1.165, 1.54) is 0 Å². The van der Waals surface area contributed by atoms with Crippen molar-refractivity contribution in [1.29, 1.82) is 0 Å². The summed E-state index contributed by atoms with van der Waals surface area (Å²) in [4.78, 5) is 0. The van der Waals surface area contributed by atoms with Gasteiger partial charge in [0.05, 0.1) is 17.9 Å². The molecule has 0 unspecified atom stereocenters. The molecular weight excluding hydrogens is 876 g/mol. The second-order valence-corrected chi connectivity index (χ2v) is 16.4. The number of benzene rings is 6. The number of aromatic hydroxyl groups is 14. The highest BCUT2D eigenvalue weighted by Crippen LogP contribution is 2.66. The molecule has 21 nitrogen and oxygen atoms in total. The zero-order valence-corrected chi connectivity index (χ0v) is 33.3. The molecule has 10 rings (SSSR count). The van der Waals surface area contributed by atoms with Gasteiger partial charge >= 0.3 is 5.79 Å². The molecule has 2 bridgehead atoms. The fourth-order valence-corrected chi connectivity index (χ4v) is 9.53. The lowest BCUT2D eigenvalue weighted by molar-refractivity contribution is -0.219. The Kier molecular flexibility index (Phi) is 8.86. The SMILES string of the molecule is Oc1cc(O)c2c(c1)O[C@@]1(c3cc(O)c(O)c(O)c3)Oc3cc(O)c4c(c3[C@@H]2[C@H]1O)O[C@H](c1cc(O)c(O)c(O)c1)[C@H](O)[C@H]4c1c(O)cc(O)c2c1O[C@H](c1cc(O)c(O)c(O)c1)[C@@H](O)C2. The van der Waals surface area contributed by atoms with E-state index >= 15 is 0 Å². The van der Waals surface area contributed by atoms with Crippen molar-refractivity contribution in [3.63, 3.8) is 0 Å². The molecule has 21 heteroatoms. The number of hydrogen-bond acceptors (Lipinski definition) is 21. The van der Waals surface area contributed by atoms with Gasteiger partial charge in [0.15, 0.2) is 64.0 Å². The van der Waals surface area contributed by atoms with Gasteiger partial charge in [0.25, 0.3) is 0 Å². The van der Waals surface area contributed by atoms with Crippen LogP contribution < -0.4 is 18.9 Å². The van der Waals surface area contributed by atoms with Crippen molar-refractivity contribution < 1.29 is 106 Å². The summed E-state index contributed by atoms with van der Waals surface area (Å²) in [6.45, 7) is 0. The molecule has 0 aromatic heterocycles. The molecule has 17 N–H and O–H groups in total. The molecule has 0 spiro atoms. The van der Waals surface area contributed by atoms with Crippen molar-refractivity contribution in [2.24, 2.45) is 0 Å². The number of rotatable bonds is 4. The molecule has 0 radical (unpaired) electrons. The molecule has 0 saturated carbocycles. The fraction of sp³-hybridized carbons (Fsp3) is 0.200. The first-order valence-corrected chi connectivity index (χ1v) is 19.7. The summed E-state index contributed by atoms with van der Waals surface area (Å²) in [7, 11) is 0. The maximum atomic E-state index is 12.5. The number of aliphatic hydroxyl groups excluding tert-OH is 3. The van der Waals surface area contributed by atoms with Gasteiger partial charge in [0.2, 0.25) is 0 Å². The van der Waals surface area contributed by atoms with E-state index in [1.54, 1.807) is 0 Å². The van der Waals surface area contributed by atoms with E-state index in [4.69, 9.17) is 18.9 Å². The lowest BCUT2D eigenvalue weighted by atomic mass is 9.71. The quantitative estimate of drug-likeness (QED) is 0.113. The van der Waals surface area contributed by atoms with Crippen LogP contribution in [0.4, 0.5) is 0 Å². The standard InChI is InChI=1S/C45H36O21/c46-15-7-18(48)30-28(8-15)65-45(14-5-25(55)38(60)26(56)6-14)44(62)35(30)33-29(66-45)11-20(50)32-34(39(61)41(64-43(32)33)13-3-23(53)37(59)24(54)4-13)31-19(49)10-17(47)16-9-27(57)40(63-42(16)31)12-1-21(51)36(58)22(52)2-12/h1-8,10-11,27,34-35,39-41,44,46-62H,9H2/t27-,34-,35+,39+,40+,41+,44+,45-/m0/s1. The Morgan fingerprint density at radius 1 is 0.424 bits per heavy atom. The number of aliphatic hydroxyl groups is 3. The van der Waals surface area contributed by atoms with Crippen molar-refractivity contribution in [2.75, 3.05) is 0 Å². The highest BCUT2D eigenvalue weighted by Gasteiger charge is 2.61. The van der Waals surface area contributed by atoms with E-state index in [-0.39, 0.29) is 44.9 Å². The number of phenols is 14. The van der Waals surface area contributed by atoms with E-state index in [9.17, 15) is 86.8 Å². The van der Waals surface area contributed by atoms with Crippen LogP contribution in [0.1, 0.15) is 68.6 Å². The third-order valence-electron chi connectivity index (χ3n) is 12.5. The van der Waals surface area contributed by atoms with E-state index in [0.717, 1.165) is 60.7 Å². The minimum absolute atomic E-state index is 0.110. The normalized spacial score (nSPS) is 24.6. The predicted octanol–water partition coefficient (Wildman–Crippen LogP) is 3.36. The number of hydrogen-bond donors (Lipinski definition) is 17. The van der Waals surface area contributed by atoms with Crippen molar-refractivity contribution in [3.05, 3.63) is 105 Å². The highest BCUT2D eigenvalue weighted by molar-refractivity contribution is 5.72. The summed E-state index contributed by atoms with van der Waals surface area (Å²) in [5.41, 5.74) is -2.10. The van der Waals surface area contributed by atoms with Gasteiger partial charge in [-0.1, -0.05) is 0 Å². The van der Waals surface area contributed by atoms with Crippen LogP contribution in [-0.2, 0) is 12.2 Å². The number of phenolic OH excluding ortho intramolecular Hbond substituents is 14. The summed E-state index contributed by atoms with van der Waals surface area (Å²) in [5.74, 6) is -18.9. The van der Waals surface area contributed by atoms with Crippen LogP contribution in [0.2, 0.25) is 0 Å². The highest BCUT2D eigenvalue weighted by atomic mass is 16.7. The van der Waals surface area contributed by atoms with Crippen LogP contribution in [0.15, 0.2) is 60.7 Å². The molecule has 0 fully saturated rings. The van der Waals surface area contributed by atoms with Gasteiger partial charge in [-0.15, -0.1) is 0 Å². The molecule has 4 heterocycles. The van der Waals surface area contributed by atoms with Gasteiger partial charge < -0.3 is 106 Å². The molecule has 0 amide bonds. The first-order chi connectivity index (χ1) is 31.2. The third-order valence-corrected chi connectivity index (χ3v) is 12.5. The smallest absolute Gasteiger partial charge is 0.305 e. The Hall–Kier alpha value is -8.40. The molecule has 4 aliphatic rings. The van der Waals surface area contributed by atoms with Crippen LogP contribution in [0, 0.1) is 0 Å². The molecule has 66 heavy (non-hydrogen) atoms. The van der Waals surface area contributed by atoms with E-state index < -0.39 is 158 Å². The van der Waals surface area contributed by atoms with Gasteiger partial charge in [-0.2, -0.15) is 0 Å². The maximum Gasteiger partial charge on any atom is 0.305 e. The summed E-state index contributed by atoms with van der Waals surface area (Å²) in [6, 6.07) is 9.34. The Morgan fingerprint density at radius 2 is 0.894 bits per heavy atom. The predicted molar refractivity (Wildman–Crippen MR) is 217 cm³/mol. The number of fused-ring (bicyclic) bond motifs is 9. The van der Waals surface area contributed by atoms with Crippen molar-refractivity contribution in [3.8, 4) is 103 Å². The summed E-state index contributed by atoms with van der Waals surface area (Å²) in [6.07, 6.45) is -9.42. The number of ether oxygens (including phenoxy) is 4. The van der Waals surface area contributed by atoms with Crippen LogP contribution in [0.5, 0.6) is 103 Å². The second-order valence-electron chi connectivity index (χ2n) is 16.4.